The van der Waals surface area contributed by atoms with Crippen molar-refractivity contribution in [2.75, 3.05) is 26.3 Å². The number of esters is 2. The number of rotatable bonds is 18. The third-order valence-electron chi connectivity index (χ3n) is 10.6. The third-order valence-corrected chi connectivity index (χ3v) is 10.6. The van der Waals surface area contributed by atoms with Crippen LogP contribution in [0.3, 0.4) is 0 Å². The van der Waals surface area contributed by atoms with Crippen molar-refractivity contribution in [3.8, 4) is 23.7 Å². The van der Waals surface area contributed by atoms with Gasteiger partial charge in [-0.3, -0.25) is 9.59 Å². The molecule has 2 fully saturated rings. The van der Waals surface area contributed by atoms with E-state index in [0.717, 1.165) is 36.8 Å². The highest BCUT2D eigenvalue weighted by Gasteiger charge is 2.30. The maximum atomic E-state index is 12.3. The topological polar surface area (TPSA) is 134 Å². The first-order valence-corrected chi connectivity index (χ1v) is 21.7. The van der Waals surface area contributed by atoms with Crippen molar-refractivity contribution in [2.45, 2.75) is 130 Å². The molecule has 60 heavy (non-hydrogen) atoms. The van der Waals surface area contributed by atoms with Crippen LogP contribution in [0.5, 0.6) is 0 Å². The number of aliphatic hydroxyl groups excluding tert-OH is 2. The maximum Gasteiger partial charge on any atom is 0.338 e. The molecule has 2 aliphatic rings. The lowest BCUT2D eigenvalue weighted by atomic mass is 10.00. The molecule has 0 aromatic heterocycles. The quantitative estimate of drug-likeness (QED) is 0.0898. The van der Waals surface area contributed by atoms with Crippen LogP contribution in [0, 0.1) is 35.5 Å². The molecule has 2 amide bonds. The molecule has 2 heterocycles. The van der Waals surface area contributed by atoms with Gasteiger partial charge in [0.1, 0.15) is 0 Å². The molecule has 0 saturated carbocycles. The molecule has 2 aromatic carbocycles. The SMILES string of the molecule is CCC#CC[C@H](C)[C@@H](O)/C=C/[C@H]1CCC(=O)N1CCc1ccc(C(=O)OCC)cc1.CCC#CC[C@H](C)[C@H](O)/C=C/[C@H]1CCC(=O)N1CCc1ccc(C(=O)OCC)cc1. The number of hydrogen-bond donors (Lipinski definition) is 2. The first-order valence-electron chi connectivity index (χ1n) is 21.7. The molecular formula is C50H66N2O8. The van der Waals surface area contributed by atoms with Crippen molar-refractivity contribution in [3.63, 3.8) is 0 Å². The molecule has 0 bridgehead atoms. The predicted octanol–water partition coefficient (Wildman–Crippen LogP) is 7.51. The molecule has 0 unspecified atom stereocenters. The summed E-state index contributed by atoms with van der Waals surface area (Å²) in [5, 5.41) is 20.7. The van der Waals surface area contributed by atoms with Crippen molar-refractivity contribution in [3.05, 3.63) is 95.1 Å². The van der Waals surface area contributed by atoms with E-state index in [1.807, 2.05) is 86.1 Å². The Labute approximate surface area is 358 Å². The highest BCUT2D eigenvalue weighted by Crippen LogP contribution is 2.23. The molecule has 324 valence electrons. The summed E-state index contributed by atoms with van der Waals surface area (Å²) in [5.74, 6) is 12.0. The zero-order valence-corrected chi connectivity index (χ0v) is 36.5. The zero-order chi connectivity index (χ0) is 43.9. The van der Waals surface area contributed by atoms with Crippen LogP contribution in [0.2, 0.25) is 0 Å². The molecule has 10 heteroatoms. The standard InChI is InChI=1S/2C25H33NO4/c2*1-4-6-7-8-19(3)23(27)15-13-22-14-16-24(28)26(22)18-17-20-9-11-21(12-10-20)25(29)30-5-2/h2*9-13,15,19,22-23,27H,4-5,8,14,16-18H2,1-3H3/b2*15-13+/t19-,22-,23+;19-,22-,23-/m00/s1. The van der Waals surface area contributed by atoms with Crippen LogP contribution in [-0.4, -0.2) is 94.4 Å². The average Bonchev–Trinajstić information content (AvgIpc) is 3.80. The normalized spacial score (nSPS) is 18.2. The van der Waals surface area contributed by atoms with Gasteiger partial charge in [0.05, 0.1) is 48.6 Å². The van der Waals surface area contributed by atoms with Crippen LogP contribution in [0.25, 0.3) is 0 Å². The van der Waals surface area contributed by atoms with E-state index in [0.29, 0.717) is 76.0 Å². The van der Waals surface area contributed by atoms with E-state index >= 15 is 0 Å². The summed E-state index contributed by atoms with van der Waals surface area (Å²) < 4.78 is 10.0. The van der Waals surface area contributed by atoms with Gasteiger partial charge in [-0.05, 0) is 86.8 Å². The number of likely N-dealkylation sites (tertiary alicyclic amines) is 2. The van der Waals surface area contributed by atoms with Gasteiger partial charge in [-0.1, -0.05) is 76.3 Å². The second kappa shape index (κ2) is 26.8. The van der Waals surface area contributed by atoms with E-state index in [1.54, 1.807) is 38.1 Å². The maximum absolute atomic E-state index is 12.3. The second-order valence-electron chi connectivity index (χ2n) is 15.2. The number of carbonyl (C=O) groups excluding carboxylic acids is 4. The lowest BCUT2D eigenvalue weighted by Crippen LogP contribution is -2.34. The second-order valence-corrected chi connectivity index (χ2v) is 15.2. The van der Waals surface area contributed by atoms with E-state index in [2.05, 4.69) is 23.7 Å². The minimum absolute atomic E-state index is 0.0138. The molecule has 2 saturated heterocycles. The molecule has 0 radical (unpaired) electrons. The van der Waals surface area contributed by atoms with Gasteiger partial charge in [0, 0.05) is 51.6 Å². The van der Waals surface area contributed by atoms with E-state index in [4.69, 9.17) is 9.47 Å². The van der Waals surface area contributed by atoms with Gasteiger partial charge >= 0.3 is 11.9 Å². The molecule has 6 atom stereocenters. The molecule has 2 aromatic rings. The Bertz CT molecular complexity index is 1710. The minimum Gasteiger partial charge on any atom is -0.462 e. The number of carbonyl (C=O) groups is 4. The summed E-state index contributed by atoms with van der Waals surface area (Å²) in [6.45, 7) is 13.5. The van der Waals surface area contributed by atoms with Gasteiger partial charge < -0.3 is 29.5 Å². The predicted molar refractivity (Wildman–Crippen MR) is 236 cm³/mol. The van der Waals surface area contributed by atoms with E-state index in [-0.39, 0.29) is 47.7 Å². The fraction of sp³-hybridized carbons (Fsp3) is 0.520. The first kappa shape index (κ1) is 49.2. The first-order chi connectivity index (χ1) is 28.9. The van der Waals surface area contributed by atoms with Crippen LogP contribution in [-0.2, 0) is 31.9 Å². The lowest BCUT2D eigenvalue weighted by Gasteiger charge is -2.23. The van der Waals surface area contributed by atoms with Gasteiger partial charge in [-0.2, -0.15) is 0 Å². The van der Waals surface area contributed by atoms with E-state index in [1.165, 1.54) is 0 Å². The molecule has 4 rings (SSSR count). The summed E-state index contributed by atoms with van der Waals surface area (Å²) >= 11 is 0. The molecule has 2 N–H and O–H groups in total. The Morgan fingerprint density at radius 3 is 1.35 bits per heavy atom. The van der Waals surface area contributed by atoms with Crippen LogP contribution < -0.4 is 0 Å². The smallest absolute Gasteiger partial charge is 0.338 e. The average molecular weight is 823 g/mol. The molecule has 10 nitrogen and oxygen atoms in total. The van der Waals surface area contributed by atoms with Crippen molar-refractivity contribution < 1.29 is 38.9 Å². The Kier molecular flexibility index (Phi) is 22.0. The molecule has 0 spiro atoms. The number of amides is 2. The number of aliphatic hydroxyl groups is 2. The third kappa shape index (κ3) is 16.5. The van der Waals surface area contributed by atoms with Gasteiger partial charge in [0.25, 0.3) is 0 Å². The van der Waals surface area contributed by atoms with Gasteiger partial charge in [-0.25, -0.2) is 9.59 Å². The zero-order valence-electron chi connectivity index (χ0n) is 36.5. The summed E-state index contributed by atoms with van der Waals surface area (Å²) in [4.78, 5) is 51.9. The Balaban J connectivity index is 0.000000320. The minimum atomic E-state index is -0.566. The van der Waals surface area contributed by atoms with Crippen LogP contribution in [0.15, 0.2) is 72.8 Å². The molecule has 2 aliphatic heterocycles. The number of hydrogen-bond acceptors (Lipinski definition) is 8. The van der Waals surface area contributed by atoms with Crippen LogP contribution >= 0.6 is 0 Å². The van der Waals surface area contributed by atoms with Crippen molar-refractivity contribution >= 4 is 23.8 Å². The summed E-state index contributed by atoms with van der Waals surface area (Å²) in [7, 11) is 0. The Hall–Kier alpha value is -5.16. The Morgan fingerprint density at radius 2 is 1.02 bits per heavy atom. The Morgan fingerprint density at radius 1 is 0.650 bits per heavy atom. The molecule has 0 aliphatic carbocycles. The van der Waals surface area contributed by atoms with Crippen molar-refractivity contribution in [1.82, 2.24) is 9.80 Å². The molecular weight excluding hydrogens is 757 g/mol. The monoisotopic (exact) mass is 822 g/mol. The number of nitrogens with zero attached hydrogens (tertiary/aromatic N) is 2. The number of ether oxygens (including phenoxy) is 2. The van der Waals surface area contributed by atoms with Crippen molar-refractivity contribution in [1.29, 1.82) is 0 Å². The van der Waals surface area contributed by atoms with Gasteiger partial charge in [0.15, 0.2) is 0 Å². The lowest BCUT2D eigenvalue weighted by molar-refractivity contribution is -0.129. The summed E-state index contributed by atoms with van der Waals surface area (Å²) in [6, 6.07) is 14.7. The highest BCUT2D eigenvalue weighted by molar-refractivity contribution is 5.90. The van der Waals surface area contributed by atoms with E-state index < -0.39 is 12.2 Å². The number of benzene rings is 2. The van der Waals surface area contributed by atoms with Gasteiger partial charge in [-0.15, -0.1) is 23.7 Å². The van der Waals surface area contributed by atoms with Crippen molar-refractivity contribution in [2.24, 2.45) is 11.8 Å². The van der Waals surface area contributed by atoms with Crippen LogP contribution in [0.1, 0.15) is 125 Å². The fourth-order valence-corrected chi connectivity index (χ4v) is 6.86. The van der Waals surface area contributed by atoms with E-state index in [9.17, 15) is 29.4 Å². The summed E-state index contributed by atoms with van der Waals surface area (Å²) in [5.41, 5.74) is 3.19. The van der Waals surface area contributed by atoms with Crippen LogP contribution in [0.4, 0.5) is 0 Å². The highest BCUT2D eigenvalue weighted by atomic mass is 16.5. The summed E-state index contributed by atoms with van der Waals surface area (Å²) in [6.07, 6.45) is 13.4. The fourth-order valence-electron chi connectivity index (χ4n) is 6.86. The van der Waals surface area contributed by atoms with Gasteiger partial charge in [0.2, 0.25) is 11.8 Å². The largest absolute Gasteiger partial charge is 0.462 e.